The molecule has 4 N–H and O–H groups in total. The number of anilines is 1. The minimum absolute atomic E-state index is 0.219. The van der Waals surface area contributed by atoms with E-state index in [0.717, 1.165) is 10.9 Å². The van der Waals surface area contributed by atoms with Crippen molar-refractivity contribution in [2.75, 3.05) is 5.32 Å². The van der Waals surface area contributed by atoms with Gasteiger partial charge in [0.1, 0.15) is 17.0 Å². The Bertz CT molecular complexity index is 850. The van der Waals surface area contributed by atoms with Gasteiger partial charge in [-0.3, -0.25) is 4.79 Å². The van der Waals surface area contributed by atoms with E-state index in [1.807, 2.05) is 24.3 Å². The summed E-state index contributed by atoms with van der Waals surface area (Å²) in [6, 6.07) is 13.1. The molecule has 0 radical (unpaired) electrons. The number of phenols is 1. The molecule has 3 rings (SSSR count). The average molecular weight is 296 g/mol. The molecule has 6 heteroatoms. The summed E-state index contributed by atoms with van der Waals surface area (Å²) in [7, 11) is 0. The van der Waals surface area contributed by atoms with Crippen LogP contribution >= 0.6 is 0 Å². The van der Waals surface area contributed by atoms with Gasteiger partial charge in [0.25, 0.3) is 5.91 Å². The van der Waals surface area contributed by atoms with Gasteiger partial charge in [0.15, 0.2) is 0 Å². The molecule has 110 valence electrons. The highest BCUT2D eigenvalue weighted by Gasteiger charge is 2.13. The lowest BCUT2D eigenvalue weighted by atomic mass is 10.2. The van der Waals surface area contributed by atoms with Gasteiger partial charge in [0.2, 0.25) is 0 Å². The molecule has 1 amide bonds. The minimum Gasteiger partial charge on any atom is -0.507 e. The van der Waals surface area contributed by atoms with Gasteiger partial charge in [0, 0.05) is 22.7 Å². The van der Waals surface area contributed by atoms with Gasteiger partial charge in [0.05, 0.1) is 0 Å². The molecule has 0 saturated heterocycles. The molecule has 0 aliphatic rings. The Morgan fingerprint density at radius 2 is 1.82 bits per heavy atom. The Labute approximate surface area is 125 Å². The number of hydrogen-bond acceptors (Lipinski definition) is 3. The fourth-order valence-corrected chi connectivity index (χ4v) is 2.18. The molecule has 0 aliphatic heterocycles. The number of rotatable bonds is 3. The van der Waals surface area contributed by atoms with E-state index in [1.54, 1.807) is 6.07 Å². The van der Waals surface area contributed by atoms with Gasteiger partial charge in [-0.2, -0.15) is 0 Å². The van der Waals surface area contributed by atoms with Crippen LogP contribution < -0.4 is 5.32 Å². The quantitative estimate of drug-likeness (QED) is 0.596. The summed E-state index contributed by atoms with van der Waals surface area (Å²) in [4.78, 5) is 26.0. The number of para-hydroxylation sites is 1. The molecule has 0 unspecified atom stereocenters. The summed E-state index contributed by atoms with van der Waals surface area (Å²) in [5, 5.41) is 22.0. The van der Waals surface area contributed by atoms with E-state index in [4.69, 9.17) is 5.11 Å². The third-order valence-electron chi connectivity index (χ3n) is 3.26. The summed E-state index contributed by atoms with van der Waals surface area (Å²) < 4.78 is 0. The summed E-state index contributed by atoms with van der Waals surface area (Å²) in [5.41, 5.74) is 1.31. The number of aromatic hydroxyl groups is 1. The number of aromatic carboxylic acids is 1. The zero-order valence-electron chi connectivity index (χ0n) is 11.3. The predicted octanol–water partition coefficient (Wildman–Crippen LogP) is 2.82. The first-order valence-electron chi connectivity index (χ1n) is 6.50. The highest BCUT2D eigenvalue weighted by molar-refractivity contribution is 6.06. The molecule has 6 nitrogen and oxygen atoms in total. The summed E-state index contributed by atoms with van der Waals surface area (Å²) in [6.07, 6.45) is 0. The molecule has 1 heterocycles. The van der Waals surface area contributed by atoms with E-state index < -0.39 is 11.7 Å². The van der Waals surface area contributed by atoms with Crippen molar-refractivity contribution in [3.8, 4) is 5.75 Å². The molecule has 0 spiro atoms. The molecule has 0 aliphatic carbocycles. The molecular weight excluding hydrogens is 284 g/mol. The lowest BCUT2D eigenvalue weighted by molar-refractivity contribution is 0.0693. The van der Waals surface area contributed by atoms with Crippen molar-refractivity contribution in [2.45, 2.75) is 0 Å². The van der Waals surface area contributed by atoms with E-state index in [1.165, 1.54) is 18.2 Å². The van der Waals surface area contributed by atoms with Crippen molar-refractivity contribution in [3.63, 3.8) is 0 Å². The number of hydrogen-bond donors (Lipinski definition) is 4. The zero-order chi connectivity index (χ0) is 15.7. The minimum atomic E-state index is -1.23. The van der Waals surface area contributed by atoms with Crippen molar-refractivity contribution in [2.24, 2.45) is 0 Å². The Hall–Kier alpha value is -3.28. The van der Waals surface area contributed by atoms with Gasteiger partial charge in [-0.1, -0.05) is 18.2 Å². The van der Waals surface area contributed by atoms with E-state index in [0.29, 0.717) is 11.4 Å². The highest BCUT2D eigenvalue weighted by atomic mass is 16.4. The van der Waals surface area contributed by atoms with Crippen LogP contribution in [0.2, 0.25) is 0 Å². The number of carbonyl (C=O) groups is 2. The number of carbonyl (C=O) groups excluding carboxylic acids is 1. The van der Waals surface area contributed by atoms with Crippen LogP contribution in [0.15, 0.2) is 48.5 Å². The number of carboxylic acids is 1. The van der Waals surface area contributed by atoms with Crippen LogP contribution in [0.25, 0.3) is 10.9 Å². The number of aromatic amines is 1. The van der Waals surface area contributed by atoms with Crippen molar-refractivity contribution >= 4 is 28.5 Å². The van der Waals surface area contributed by atoms with Crippen LogP contribution in [-0.2, 0) is 0 Å². The number of benzene rings is 2. The molecule has 1 aromatic heterocycles. The Kier molecular flexibility index (Phi) is 3.27. The fraction of sp³-hybridized carbons (Fsp3) is 0. The maximum absolute atomic E-state index is 12.2. The van der Waals surface area contributed by atoms with Crippen LogP contribution in [0.4, 0.5) is 5.69 Å². The van der Waals surface area contributed by atoms with E-state index in [2.05, 4.69) is 10.3 Å². The number of carboxylic acid groups (broad SMARTS) is 1. The maximum atomic E-state index is 12.2. The van der Waals surface area contributed by atoms with Crippen LogP contribution in [0.3, 0.4) is 0 Å². The molecule has 0 fully saturated rings. The van der Waals surface area contributed by atoms with Crippen LogP contribution in [0, 0.1) is 0 Å². The first-order valence-corrected chi connectivity index (χ1v) is 6.50. The Morgan fingerprint density at radius 3 is 2.50 bits per heavy atom. The number of nitrogens with one attached hydrogen (secondary N) is 2. The molecule has 0 saturated carbocycles. The Balaban J connectivity index is 1.84. The lowest BCUT2D eigenvalue weighted by Crippen LogP contribution is -2.12. The molecule has 0 atom stereocenters. The largest absolute Gasteiger partial charge is 0.507 e. The van der Waals surface area contributed by atoms with Gasteiger partial charge >= 0.3 is 5.97 Å². The zero-order valence-corrected chi connectivity index (χ0v) is 11.3. The van der Waals surface area contributed by atoms with Gasteiger partial charge in [-0.15, -0.1) is 0 Å². The SMILES string of the molecule is O=C(Nc1ccc(C(=O)O)c(O)c1)c1cc2ccccc2[nH]1. The Morgan fingerprint density at radius 1 is 1.05 bits per heavy atom. The van der Waals surface area contributed by atoms with Crippen LogP contribution in [0.5, 0.6) is 5.75 Å². The van der Waals surface area contributed by atoms with Gasteiger partial charge in [-0.25, -0.2) is 4.79 Å². The smallest absolute Gasteiger partial charge is 0.339 e. The van der Waals surface area contributed by atoms with Crippen LogP contribution in [0.1, 0.15) is 20.8 Å². The van der Waals surface area contributed by atoms with Gasteiger partial charge in [-0.05, 0) is 24.3 Å². The third-order valence-corrected chi connectivity index (χ3v) is 3.26. The summed E-state index contributed by atoms with van der Waals surface area (Å²) >= 11 is 0. The number of H-pyrrole nitrogens is 1. The first-order chi connectivity index (χ1) is 10.5. The highest BCUT2D eigenvalue weighted by Crippen LogP contribution is 2.23. The van der Waals surface area contributed by atoms with E-state index in [-0.39, 0.29) is 11.5 Å². The second kappa shape index (κ2) is 5.25. The van der Waals surface area contributed by atoms with Crippen molar-refractivity contribution < 1.29 is 19.8 Å². The van der Waals surface area contributed by atoms with E-state index >= 15 is 0 Å². The van der Waals surface area contributed by atoms with Gasteiger partial charge < -0.3 is 20.5 Å². The number of fused-ring (bicyclic) bond motifs is 1. The van der Waals surface area contributed by atoms with Crippen LogP contribution in [-0.4, -0.2) is 27.1 Å². The molecule has 3 aromatic rings. The molecular formula is C16H12N2O4. The van der Waals surface area contributed by atoms with E-state index in [9.17, 15) is 14.7 Å². The summed E-state index contributed by atoms with van der Waals surface area (Å²) in [6.45, 7) is 0. The topological polar surface area (TPSA) is 102 Å². The summed E-state index contributed by atoms with van der Waals surface area (Å²) in [5.74, 6) is -2.01. The third kappa shape index (κ3) is 2.49. The number of amides is 1. The molecule has 2 aromatic carbocycles. The fourth-order valence-electron chi connectivity index (χ4n) is 2.18. The van der Waals surface area contributed by atoms with Crippen molar-refractivity contribution in [1.82, 2.24) is 4.98 Å². The van der Waals surface area contributed by atoms with Crippen molar-refractivity contribution in [3.05, 3.63) is 59.8 Å². The maximum Gasteiger partial charge on any atom is 0.339 e. The standard InChI is InChI=1S/C16H12N2O4/c19-14-8-10(5-6-11(14)16(21)22)17-15(20)13-7-9-3-1-2-4-12(9)18-13/h1-8,18-19H,(H,17,20)(H,21,22). The van der Waals surface area contributed by atoms with Crippen molar-refractivity contribution in [1.29, 1.82) is 0 Å². The monoisotopic (exact) mass is 296 g/mol. The lowest BCUT2D eigenvalue weighted by Gasteiger charge is -2.06. The molecule has 0 bridgehead atoms. The normalized spacial score (nSPS) is 10.5. The average Bonchev–Trinajstić information content (AvgIpc) is 2.91. The second-order valence-corrected chi connectivity index (χ2v) is 4.76. The predicted molar refractivity (Wildman–Crippen MR) is 81.3 cm³/mol. The number of aromatic nitrogens is 1. The second-order valence-electron chi connectivity index (χ2n) is 4.76. The first kappa shape index (κ1) is 13.7. The molecule has 22 heavy (non-hydrogen) atoms.